The van der Waals surface area contributed by atoms with Gasteiger partial charge in [-0.1, -0.05) is 0 Å². The quantitative estimate of drug-likeness (QED) is 0.761. The maximum Gasteiger partial charge on any atom is 0.573 e. The predicted octanol–water partition coefficient (Wildman–Crippen LogP) is 3.14. The highest BCUT2D eigenvalue weighted by atomic mass is 32.2. The number of ether oxygens (including phenoxy) is 1. The molecule has 2 heterocycles. The lowest BCUT2D eigenvalue weighted by atomic mass is 10.2. The Morgan fingerprint density at radius 2 is 1.93 bits per heavy atom. The fourth-order valence-electron chi connectivity index (χ4n) is 2.95. The number of alkyl halides is 3. The van der Waals surface area contributed by atoms with Crippen molar-refractivity contribution in [1.82, 2.24) is 9.29 Å². The van der Waals surface area contributed by atoms with Gasteiger partial charge in [-0.25, -0.2) is 13.4 Å². The second kappa shape index (κ2) is 7.26. The highest BCUT2D eigenvalue weighted by Crippen LogP contribution is 2.34. The van der Waals surface area contributed by atoms with Gasteiger partial charge in [-0.05, 0) is 37.1 Å². The highest BCUT2D eigenvalue weighted by Gasteiger charge is 2.34. The molecule has 0 saturated heterocycles. The summed E-state index contributed by atoms with van der Waals surface area (Å²) < 4.78 is 67.5. The van der Waals surface area contributed by atoms with Crippen molar-refractivity contribution in [2.75, 3.05) is 11.9 Å². The van der Waals surface area contributed by atoms with Gasteiger partial charge in [0.2, 0.25) is 15.9 Å². The number of fused-ring (bicyclic) bond motifs is 1. The van der Waals surface area contributed by atoms with Gasteiger partial charge in [-0.15, -0.1) is 24.5 Å². The minimum Gasteiger partial charge on any atom is -0.406 e. The number of nitrogens with one attached hydrogen (secondary N) is 1. The maximum absolute atomic E-state index is 12.9. The van der Waals surface area contributed by atoms with Crippen LogP contribution in [0.2, 0.25) is 0 Å². The number of nitrogens with zero attached hydrogens (tertiary/aromatic N) is 2. The van der Waals surface area contributed by atoms with Crippen LogP contribution < -0.4 is 10.1 Å². The van der Waals surface area contributed by atoms with Crippen LogP contribution in [-0.4, -0.2) is 36.5 Å². The van der Waals surface area contributed by atoms with Crippen molar-refractivity contribution in [3.8, 4) is 5.75 Å². The Morgan fingerprint density at radius 1 is 1.24 bits per heavy atom. The second-order valence-electron chi connectivity index (χ2n) is 6.76. The number of carbonyl (C=O) groups is 1. The summed E-state index contributed by atoms with van der Waals surface area (Å²) in [6.45, 7) is 0.283. The highest BCUT2D eigenvalue weighted by molar-refractivity contribution is 7.89. The number of carbonyl (C=O) groups excluding carboxylic acids is 1. The second-order valence-corrected chi connectivity index (χ2v) is 9.78. The van der Waals surface area contributed by atoms with E-state index in [1.807, 2.05) is 0 Å². The molecular formula is C17H16F3N3O4S2. The number of benzene rings is 1. The summed E-state index contributed by atoms with van der Waals surface area (Å²) in [6.07, 6.45) is -2.71. The van der Waals surface area contributed by atoms with E-state index in [9.17, 15) is 26.4 Å². The lowest BCUT2D eigenvalue weighted by Gasteiger charge is -2.25. The first-order valence-corrected chi connectivity index (χ1v) is 11.0. The van der Waals surface area contributed by atoms with Crippen LogP contribution in [0.3, 0.4) is 0 Å². The van der Waals surface area contributed by atoms with Crippen LogP contribution in [0.25, 0.3) is 0 Å². The van der Waals surface area contributed by atoms with Gasteiger partial charge in [-0.3, -0.25) is 4.79 Å². The molecule has 1 aromatic carbocycles. The van der Waals surface area contributed by atoms with Crippen molar-refractivity contribution in [3.05, 3.63) is 34.8 Å². The first-order chi connectivity index (χ1) is 13.6. The van der Waals surface area contributed by atoms with Gasteiger partial charge < -0.3 is 10.1 Å². The Hall–Kier alpha value is -2.18. The summed E-state index contributed by atoms with van der Waals surface area (Å²) in [4.78, 5) is 16.9. The van der Waals surface area contributed by atoms with E-state index in [2.05, 4.69) is 15.0 Å². The number of amides is 1. The van der Waals surface area contributed by atoms with Gasteiger partial charge in [0.1, 0.15) is 5.75 Å². The number of hydrogen-bond donors (Lipinski definition) is 1. The van der Waals surface area contributed by atoms with E-state index < -0.39 is 22.1 Å². The van der Waals surface area contributed by atoms with Crippen LogP contribution in [0.15, 0.2) is 29.2 Å². The standard InChI is InChI=1S/C17H16F3N3O4S2/c18-17(19,20)27-11-3-5-12(6-4-11)29(25,26)23-8-7-13-14(9-23)28-16(21-13)22-15(24)10-1-2-10/h3-6,10H,1-2,7-9H2,(H,21,22,24). The lowest BCUT2D eigenvalue weighted by molar-refractivity contribution is -0.274. The van der Waals surface area contributed by atoms with Crippen molar-refractivity contribution in [2.45, 2.75) is 37.1 Å². The molecule has 0 atom stereocenters. The topological polar surface area (TPSA) is 88.6 Å². The SMILES string of the molecule is O=C(Nc1nc2c(s1)CN(S(=O)(=O)c1ccc(OC(F)(F)F)cc1)CC2)C1CC1. The molecular weight excluding hydrogens is 431 g/mol. The third-order valence-corrected chi connectivity index (χ3v) is 7.43. The number of hydrogen-bond acceptors (Lipinski definition) is 6. The summed E-state index contributed by atoms with van der Waals surface area (Å²) in [6, 6.07) is 4.10. The Bertz CT molecular complexity index is 1030. The zero-order valence-corrected chi connectivity index (χ0v) is 16.5. The number of sulfonamides is 1. The molecule has 0 unspecified atom stereocenters. The van der Waals surface area contributed by atoms with Crippen molar-refractivity contribution in [3.63, 3.8) is 0 Å². The van der Waals surface area contributed by atoms with Crippen LogP contribution in [0.4, 0.5) is 18.3 Å². The molecule has 156 valence electrons. The molecule has 1 fully saturated rings. The molecule has 0 spiro atoms. The van der Waals surface area contributed by atoms with Gasteiger partial charge in [0.05, 0.1) is 17.1 Å². The molecule has 0 bridgehead atoms. The maximum atomic E-state index is 12.9. The number of thiazole rings is 1. The van der Waals surface area contributed by atoms with Gasteiger partial charge in [0.25, 0.3) is 0 Å². The fraction of sp³-hybridized carbons (Fsp3) is 0.412. The van der Waals surface area contributed by atoms with E-state index >= 15 is 0 Å². The number of anilines is 1. The van der Waals surface area contributed by atoms with Gasteiger partial charge in [0.15, 0.2) is 5.13 Å². The summed E-state index contributed by atoms with van der Waals surface area (Å²) in [5.74, 6) is -0.519. The van der Waals surface area contributed by atoms with Crippen LogP contribution in [-0.2, 0) is 27.8 Å². The Morgan fingerprint density at radius 3 is 2.55 bits per heavy atom. The molecule has 0 radical (unpaired) electrons. The third-order valence-electron chi connectivity index (χ3n) is 4.57. The zero-order valence-electron chi connectivity index (χ0n) is 14.9. The molecule has 2 aliphatic rings. The molecule has 29 heavy (non-hydrogen) atoms. The first-order valence-electron chi connectivity index (χ1n) is 8.77. The van der Waals surface area contributed by atoms with E-state index in [4.69, 9.17) is 0 Å². The number of halogens is 3. The Labute approximate surface area is 168 Å². The zero-order chi connectivity index (χ0) is 20.8. The molecule has 12 heteroatoms. The van der Waals surface area contributed by atoms with Crippen molar-refractivity contribution in [2.24, 2.45) is 5.92 Å². The summed E-state index contributed by atoms with van der Waals surface area (Å²) >= 11 is 1.24. The van der Waals surface area contributed by atoms with E-state index in [-0.39, 0.29) is 29.8 Å². The molecule has 1 aliphatic heterocycles. The molecule has 1 amide bonds. The minimum atomic E-state index is -4.84. The first kappa shape index (κ1) is 20.1. The Balaban J connectivity index is 1.47. The molecule has 4 rings (SSSR count). The molecule has 2 aromatic rings. The largest absolute Gasteiger partial charge is 0.573 e. The molecule has 1 N–H and O–H groups in total. The van der Waals surface area contributed by atoms with Gasteiger partial charge >= 0.3 is 6.36 Å². The van der Waals surface area contributed by atoms with Crippen LogP contribution in [0, 0.1) is 5.92 Å². The molecule has 1 saturated carbocycles. The normalized spacial score (nSPS) is 17.6. The summed E-state index contributed by atoms with van der Waals surface area (Å²) in [7, 11) is -3.89. The Kier molecular flexibility index (Phi) is 5.03. The summed E-state index contributed by atoms with van der Waals surface area (Å²) in [5, 5.41) is 3.22. The van der Waals surface area contributed by atoms with E-state index in [1.165, 1.54) is 15.6 Å². The van der Waals surface area contributed by atoms with E-state index in [0.29, 0.717) is 11.6 Å². The van der Waals surface area contributed by atoms with Crippen molar-refractivity contribution >= 4 is 32.4 Å². The predicted molar refractivity (Wildman–Crippen MR) is 97.9 cm³/mol. The molecule has 1 aromatic heterocycles. The average molecular weight is 447 g/mol. The van der Waals surface area contributed by atoms with E-state index in [0.717, 1.165) is 47.7 Å². The molecule has 7 nitrogen and oxygen atoms in total. The van der Waals surface area contributed by atoms with Crippen molar-refractivity contribution in [1.29, 1.82) is 0 Å². The average Bonchev–Trinajstić information content (AvgIpc) is 3.41. The smallest absolute Gasteiger partial charge is 0.406 e. The van der Waals surface area contributed by atoms with Crippen molar-refractivity contribution < 1.29 is 31.1 Å². The van der Waals surface area contributed by atoms with Gasteiger partial charge in [0, 0.05) is 23.8 Å². The monoisotopic (exact) mass is 447 g/mol. The van der Waals surface area contributed by atoms with Crippen LogP contribution in [0.5, 0.6) is 5.75 Å². The molecule has 1 aliphatic carbocycles. The van der Waals surface area contributed by atoms with Crippen LogP contribution in [0.1, 0.15) is 23.4 Å². The summed E-state index contributed by atoms with van der Waals surface area (Å²) in [5.41, 5.74) is 0.751. The lowest BCUT2D eigenvalue weighted by Crippen LogP contribution is -2.35. The van der Waals surface area contributed by atoms with Gasteiger partial charge in [-0.2, -0.15) is 4.31 Å². The number of rotatable bonds is 5. The van der Waals surface area contributed by atoms with Crippen LogP contribution >= 0.6 is 11.3 Å². The minimum absolute atomic E-state index is 0.0390. The van der Waals surface area contributed by atoms with E-state index in [1.54, 1.807) is 0 Å². The fourth-order valence-corrected chi connectivity index (χ4v) is 5.46. The third kappa shape index (κ3) is 4.54. The number of aromatic nitrogens is 1.